The molecule has 0 radical (unpaired) electrons. The first-order chi connectivity index (χ1) is 12.2. The predicted molar refractivity (Wildman–Crippen MR) is 99.1 cm³/mol. The van der Waals surface area contributed by atoms with Crippen molar-refractivity contribution in [1.29, 1.82) is 0 Å². The zero-order chi connectivity index (χ0) is 17.6. The molecule has 5 N–H and O–H groups in total. The fraction of sp³-hybridized carbons (Fsp3) is 0.368. The van der Waals surface area contributed by atoms with Crippen LogP contribution in [-0.2, 0) is 4.74 Å². The normalized spacial score (nSPS) is 18.5. The van der Waals surface area contributed by atoms with E-state index in [0.717, 1.165) is 19.5 Å². The molecule has 0 bridgehead atoms. The van der Waals surface area contributed by atoms with Gasteiger partial charge in [-0.3, -0.25) is 0 Å². The highest BCUT2D eigenvalue weighted by molar-refractivity contribution is 5.65. The molecular formula is C19H25N3O3. The Hall–Kier alpha value is -2.44. The van der Waals surface area contributed by atoms with E-state index in [4.69, 9.17) is 25.7 Å². The third kappa shape index (κ3) is 4.35. The monoisotopic (exact) mass is 343 g/mol. The van der Waals surface area contributed by atoms with Crippen LogP contribution in [0, 0.1) is 0 Å². The van der Waals surface area contributed by atoms with Crippen LogP contribution in [0.15, 0.2) is 42.5 Å². The van der Waals surface area contributed by atoms with Crippen LogP contribution >= 0.6 is 0 Å². The van der Waals surface area contributed by atoms with E-state index in [1.54, 1.807) is 18.2 Å². The first kappa shape index (κ1) is 17.4. The Morgan fingerprint density at radius 2 is 1.96 bits per heavy atom. The zero-order valence-corrected chi connectivity index (χ0v) is 14.4. The van der Waals surface area contributed by atoms with Crippen molar-refractivity contribution in [1.82, 2.24) is 5.32 Å². The van der Waals surface area contributed by atoms with Gasteiger partial charge < -0.3 is 31.0 Å². The van der Waals surface area contributed by atoms with Crippen molar-refractivity contribution in [2.75, 3.05) is 31.2 Å². The second kappa shape index (κ2) is 8.09. The van der Waals surface area contributed by atoms with Gasteiger partial charge in [-0.2, -0.15) is 0 Å². The van der Waals surface area contributed by atoms with Crippen LogP contribution in [0.25, 0.3) is 0 Å². The van der Waals surface area contributed by atoms with E-state index in [1.165, 1.54) is 0 Å². The lowest BCUT2D eigenvalue weighted by molar-refractivity contribution is -0.0432. The highest BCUT2D eigenvalue weighted by Crippen LogP contribution is 2.34. The SMILES string of the molecule is CCC(Oc1ccccc1Oc1ccc(N)c(N)c1)C1CNCCO1. The number of morpholine rings is 1. The lowest BCUT2D eigenvalue weighted by atomic mass is 10.1. The standard InChI is InChI=1S/C19H25N3O3/c1-2-16(19-12-22-9-10-23-19)25-18-6-4-3-5-17(18)24-13-7-8-14(20)15(21)11-13/h3-8,11,16,19,22H,2,9-10,12,20-21H2,1H3. The van der Waals surface area contributed by atoms with Crippen molar-refractivity contribution in [3.05, 3.63) is 42.5 Å². The fourth-order valence-corrected chi connectivity index (χ4v) is 2.78. The minimum Gasteiger partial charge on any atom is -0.484 e. The second-order valence-corrected chi connectivity index (χ2v) is 6.02. The number of nitrogens with one attached hydrogen (secondary N) is 1. The van der Waals surface area contributed by atoms with Crippen molar-refractivity contribution >= 4 is 11.4 Å². The van der Waals surface area contributed by atoms with Gasteiger partial charge in [0.25, 0.3) is 0 Å². The van der Waals surface area contributed by atoms with Crippen LogP contribution < -0.4 is 26.3 Å². The summed E-state index contributed by atoms with van der Waals surface area (Å²) in [6.07, 6.45) is 0.822. The number of benzene rings is 2. The quantitative estimate of drug-likeness (QED) is 0.699. The molecule has 6 heteroatoms. The Bertz CT molecular complexity index is 702. The summed E-state index contributed by atoms with van der Waals surface area (Å²) >= 11 is 0. The van der Waals surface area contributed by atoms with Gasteiger partial charge in [-0.15, -0.1) is 0 Å². The van der Waals surface area contributed by atoms with Gasteiger partial charge in [0.05, 0.1) is 18.0 Å². The molecule has 0 spiro atoms. The van der Waals surface area contributed by atoms with Crippen molar-refractivity contribution < 1.29 is 14.2 Å². The van der Waals surface area contributed by atoms with E-state index in [-0.39, 0.29) is 12.2 Å². The van der Waals surface area contributed by atoms with Gasteiger partial charge in [-0.1, -0.05) is 19.1 Å². The summed E-state index contributed by atoms with van der Waals surface area (Å²) in [7, 11) is 0. The summed E-state index contributed by atoms with van der Waals surface area (Å²) in [6, 6.07) is 12.8. The van der Waals surface area contributed by atoms with Gasteiger partial charge in [0.2, 0.25) is 0 Å². The average molecular weight is 343 g/mol. The number of rotatable bonds is 6. The molecule has 1 fully saturated rings. The first-order valence-electron chi connectivity index (χ1n) is 8.58. The van der Waals surface area contributed by atoms with E-state index in [0.29, 0.717) is 35.2 Å². The number of para-hydroxylation sites is 2. The summed E-state index contributed by atoms with van der Waals surface area (Å²) in [5.41, 5.74) is 12.6. The van der Waals surface area contributed by atoms with Crippen LogP contribution in [0.5, 0.6) is 17.2 Å². The van der Waals surface area contributed by atoms with E-state index in [2.05, 4.69) is 12.2 Å². The van der Waals surface area contributed by atoms with Crippen LogP contribution in [0.4, 0.5) is 11.4 Å². The fourth-order valence-electron chi connectivity index (χ4n) is 2.78. The Kier molecular flexibility index (Phi) is 5.63. The summed E-state index contributed by atoms with van der Waals surface area (Å²) in [5.74, 6) is 1.93. The summed E-state index contributed by atoms with van der Waals surface area (Å²) in [6.45, 7) is 4.46. The van der Waals surface area contributed by atoms with Crippen molar-refractivity contribution in [3.63, 3.8) is 0 Å². The molecule has 25 heavy (non-hydrogen) atoms. The van der Waals surface area contributed by atoms with Gasteiger partial charge in [0.15, 0.2) is 11.5 Å². The molecule has 1 aliphatic heterocycles. The molecule has 1 aliphatic rings. The first-order valence-corrected chi connectivity index (χ1v) is 8.58. The van der Waals surface area contributed by atoms with Gasteiger partial charge in [0.1, 0.15) is 18.0 Å². The predicted octanol–water partition coefficient (Wildman–Crippen LogP) is 2.79. The van der Waals surface area contributed by atoms with Gasteiger partial charge >= 0.3 is 0 Å². The number of anilines is 2. The maximum absolute atomic E-state index is 6.21. The average Bonchev–Trinajstić information content (AvgIpc) is 2.65. The molecule has 0 aromatic heterocycles. The lowest BCUT2D eigenvalue weighted by Crippen LogP contribution is -2.47. The van der Waals surface area contributed by atoms with Crippen LogP contribution in [0.2, 0.25) is 0 Å². The molecule has 0 saturated carbocycles. The molecule has 1 saturated heterocycles. The highest BCUT2D eigenvalue weighted by Gasteiger charge is 2.25. The Labute approximate surface area is 148 Å². The van der Waals surface area contributed by atoms with E-state index < -0.39 is 0 Å². The van der Waals surface area contributed by atoms with Gasteiger partial charge in [-0.25, -0.2) is 0 Å². The smallest absolute Gasteiger partial charge is 0.169 e. The van der Waals surface area contributed by atoms with E-state index in [1.807, 2.05) is 24.3 Å². The molecule has 3 rings (SSSR count). The topological polar surface area (TPSA) is 91.8 Å². The zero-order valence-electron chi connectivity index (χ0n) is 14.4. The molecule has 2 atom stereocenters. The summed E-state index contributed by atoms with van der Waals surface area (Å²) in [5, 5.41) is 3.34. The van der Waals surface area contributed by atoms with Crippen LogP contribution in [0.3, 0.4) is 0 Å². The third-order valence-corrected chi connectivity index (χ3v) is 4.19. The molecule has 0 amide bonds. The van der Waals surface area contributed by atoms with Crippen molar-refractivity contribution in [2.45, 2.75) is 25.6 Å². The van der Waals surface area contributed by atoms with E-state index >= 15 is 0 Å². The van der Waals surface area contributed by atoms with Crippen LogP contribution in [-0.4, -0.2) is 31.9 Å². The Morgan fingerprint density at radius 3 is 2.64 bits per heavy atom. The molecule has 0 aliphatic carbocycles. The Morgan fingerprint density at radius 1 is 1.16 bits per heavy atom. The second-order valence-electron chi connectivity index (χ2n) is 6.02. The number of hydrogen-bond donors (Lipinski definition) is 3. The number of ether oxygens (including phenoxy) is 3. The molecular weight excluding hydrogens is 318 g/mol. The van der Waals surface area contributed by atoms with E-state index in [9.17, 15) is 0 Å². The van der Waals surface area contributed by atoms with Crippen molar-refractivity contribution in [2.24, 2.45) is 0 Å². The molecule has 2 aromatic carbocycles. The minimum absolute atomic E-state index is 0.0268. The van der Waals surface area contributed by atoms with Crippen molar-refractivity contribution in [3.8, 4) is 17.2 Å². The Balaban J connectivity index is 1.76. The number of nitrogen functional groups attached to an aromatic ring is 2. The third-order valence-electron chi connectivity index (χ3n) is 4.19. The minimum atomic E-state index is -0.0472. The molecule has 6 nitrogen and oxygen atoms in total. The molecule has 134 valence electrons. The maximum atomic E-state index is 6.21. The number of nitrogens with two attached hydrogens (primary N) is 2. The molecule has 2 aromatic rings. The maximum Gasteiger partial charge on any atom is 0.169 e. The van der Waals surface area contributed by atoms with Crippen LogP contribution in [0.1, 0.15) is 13.3 Å². The summed E-state index contributed by atoms with van der Waals surface area (Å²) < 4.78 is 18.0. The van der Waals surface area contributed by atoms with Gasteiger partial charge in [0, 0.05) is 19.2 Å². The molecule has 1 heterocycles. The van der Waals surface area contributed by atoms with Gasteiger partial charge in [-0.05, 0) is 30.7 Å². The number of hydrogen-bond acceptors (Lipinski definition) is 6. The largest absolute Gasteiger partial charge is 0.484 e. The molecule has 2 unspecified atom stereocenters. The lowest BCUT2D eigenvalue weighted by Gasteiger charge is -2.31. The summed E-state index contributed by atoms with van der Waals surface area (Å²) in [4.78, 5) is 0. The highest BCUT2D eigenvalue weighted by atomic mass is 16.6.